The number of aryl methyl sites for hydroxylation is 2. The lowest BCUT2D eigenvalue weighted by Crippen LogP contribution is -2.46. The summed E-state index contributed by atoms with van der Waals surface area (Å²) in [6.07, 6.45) is 0. The highest BCUT2D eigenvalue weighted by Gasteiger charge is 2.36. The summed E-state index contributed by atoms with van der Waals surface area (Å²) in [5.74, 6) is 0.336. The molecule has 0 saturated heterocycles. The van der Waals surface area contributed by atoms with Gasteiger partial charge >= 0.3 is 6.03 Å². The molecule has 2 heterocycles. The van der Waals surface area contributed by atoms with Crippen LogP contribution >= 0.6 is 11.6 Å². The Morgan fingerprint density at radius 3 is 2.40 bits per heavy atom. The predicted molar refractivity (Wildman–Crippen MR) is 133 cm³/mol. The van der Waals surface area contributed by atoms with E-state index in [2.05, 4.69) is 15.5 Å². The Morgan fingerprint density at radius 2 is 1.71 bits per heavy atom. The summed E-state index contributed by atoms with van der Waals surface area (Å²) in [7, 11) is 0. The van der Waals surface area contributed by atoms with Gasteiger partial charge < -0.3 is 9.84 Å². The van der Waals surface area contributed by atoms with Crippen LogP contribution in [-0.4, -0.2) is 16.2 Å². The molecule has 3 aromatic carbocycles. The zero-order valence-corrected chi connectivity index (χ0v) is 20.1. The van der Waals surface area contributed by atoms with E-state index in [0.717, 1.165) is 16.7 Å². The molecule has 35 heavy (non-hydrogen) atoms. The molecule has 1 atom stereocenters. The summed E-state index contributed by atoms with van der Waals surface area (Å²) < 4.78 is 19.3. The van der Waals surface area contributed by atoms with Crippen LogP contribution in [0.2, 0.25) is 5.02 Å². The van der Waals surface area contributed by atoms with Gasteiger partial charge in [0.15, 0.2) is 0 Å². The molecule has 1 aliphatic heterocycles. The van der Waals surface area contributed by atoms with Crippen LogP contribution in [0.3, 0.4) is 0 Å². The van der Waals surface area contributed by atoms with Gasteiger partial charge in [0.2, 0.25) is 5.82 Å². The van der Waals surface area contributed by atoms with Gasteiger partial charge in [-0.05, 0) is 62.2 Å². The molecule has 6 nitrogen and oxygen atoms in total. The maximum Gasteiger partial charge on any atom is 0.326 e. The second-order valence-electron chi connectivity index (χ2n) is 8.49. The summed E-state index contributed by atoms with van der Waals surface area (Å²) in [6.45, 7) is 5.70. The van der Waals surface area contributed by atoms with Gasteiger partial charge in [-0.2, -0.15) is 4.98 Å². The molecule has 0 fully saturated rings. The number of nitrogens with zero attached hydrogens (tertiary/aromatic N) is 3. The maximum atomic E-state index is 13.6. The third-order valence-electron chi connectivity index (χ3n) is 6.05. The van der Waals surface area contributed by atoms with Gasteiger partial charge in [0.25, 0.3) is 5.89 Å². The quantitative estimate of drug-likeness (QED) is 0.341. The summed E-state index contributed by atoms with van der Waals surface area (Å²) in [5.41, 5.74) is 5.35. The third-order valence-corrected chi connectivity index (χ3v) is 6.48. The first-order valence-corrected chi connectivity index (χ1v) is 11.4. The number of amides is 2. The lowest BCUT2D eigenvalue weighted by atomic mass is 9.94. The lowest BCUT2D eigenvalue weighted by molar-refractivity contribution is 0.244. The van der Waals surface area contributed by atoms with E-state index in [1.54, 1.807) is 29.2 Å². The average molecular weight is 489 g/mol. The van der Waals surface area contributed by atoms with Gasteiger partial charge in [-0.3, -0.25) is 4.90 Å². The maximum absolute atomic E-state index is 13.6. The van der Waals surface area contributed by atoms with Gasteiger partial charge in [0.05, 0.1) is 17.3 Å². The number of hydrogen-bond donors (Lipinski definition) is 1. The number of rotatable bonds is 4. The van der Waals surface area contributed by atoms with Gasteiger partial charge in [0.1, 0.15) is 5.82 Å². The first kappa shape index (κ1) is 22.8. The Labute approximate surface area is 207 Å². The highest BCUT2D eigenvalue weighted by molar-refractivity contribution is 6.31. The van der Waals surface area contributed by atoms with E-state index in [0.29, 0.717) is 33.4 Å². The fourth-order valence-electron chi connectivity index (χ4n) is 4.16. The van der Waals surface area contributed by atoms with Crippen LogP contribution in [0.4, 0.5) is 14.9 Å². The molecule has 0 bridgehead atoms. The van der Waals surface area contributed by atoms with Gasteiger partial charge in [0, 0.05) is 16.3 Å². The van der Waals surface area contributed by atoms with Crippen LogP contribution in [0.15, 0.2) is 77.0 Å². The number of anilines is 1. The fourth-order valence-corrected chi connectivity index (χ4v) is 4.27. The number of urea groups is 1. The number of aromatic nitrogens is 2. The highest BCUT2D eigenvalue weighted by Crippen LogP contribution is 2.39. The smallest absolute Gasteiger partial charge is 0.326 e. The first-order chi connectivity index (χ1) is 16.8. The van der Waals surface area contributed by atoms with Crippen molar-refractivity contribution in [1.82, 2.24) is 15.5 Å². The molecular weight excluding hydrogens is 467 g/mol. The van der Waals surface area contributed by atoms with Crippen molar-refractivity contribution in [2.24, 2.45) is 0 Å². The zero-order valence-electron chi connectivity index (χ0n) is 19.3. The van der Waals surface area contributed by atoms with Crippen LogP contribution in [0, 0.1) is 19.7 Å². The van der Waals surface area contributed by atoms with Crippen LogP contribution in [0.25, 0.3) is 17.0 Å². The minimum Gasteiger partial charge on any atom is -0.334 e. The SMILES string of the molecule is CC1=C(c2nc(-c3ccc(C)cc3)no2)C(c2ccc(F)cc2)NC(=O)N1c1ccc(Cl)c(C)c1. The fraction of sp³-hybridized carbons (Fsp3) is 0.148. The molecule has 0 saturated carbocycles. The summed E-state index contributed by atoms with van der Waals surface area (Å²) in [6, 6.07) is 18.2. The number of nitrogens with one attached hydrogen (secondary N) is 1. The van der Waals surface area contributed by atoms with Crippen molar-refractivity contribution in [1.29, 1.82) is 0 Å². The van der Waals surface area contributed by atoms with Crippen molar-refractivity contribution < 1.29 is 13.7 Å². The topological polar surface area (TPSA) is 71.3 Å². The van der Waals surface area contributed by atoms with Gasteiger partial charge in [-0.25, -0.2) is 9.18 Å². The molecule has 176 valence electrons. The summed E-state index contributed by atoms with van der Waals surface area (Å²) in [4.78, 5) is 19.5. The van der Waals surface area contributed by atoms with E-state index in [4.69, 9.17) is 16.1 Å². The highest BCUT2D eigenvalue weighted by atomic mass is 35.5. The van der Waals surface area contributed by atoms with E-state index >= 15 is 0 Å². The summed E-state index contributed by atoms with van der Waals surface area (Å²) in [5, 5.41) is 7.81. The third kappa shape index (κ3) is 4.31. The van der Waals surface area contributed by atoms with Gasteiger partial charge in [-0.15, -0.1) is 0 Å². The van der Waals surface area contributed by atoms with E-state index in [9.17, 15) is 9.18 Å². The molecule has 0 spiro atoms. The molecule has 1 aliphatic rings. The van der Waals surface area contributed by atoms with Gasteiger partial charge in [-0.1, -0.05) is 58.7 Å². The Bertz CT molecular complexity index is 1450. The normalized spacial score (nSPS) is 16.0. The Hall–Kier alpha value is -3.97. The summed E-state index contributed by atoms with van der Waals surface area (Å²) >= 11 is 6.21. The zero-order chi connectivity index (χ0) is 24.7. The van der Waals surface area contributed by atoms with Crippen LogP contribution in [0.1, 0.15) is 35.5 Å². The van der Waals surface area contributed by atoms with E-state index in [1.807, 2.05) is 51.1 Å². The van der Waals surface area contributed by atoms with Crippen LogP contribution in [0.5, 0.6) is 0 Å². The number of hydrogen-bond acceptors (Lipinski definition) is 4. The molecule has 8 heteroatoms. The molecule has 4 aromatic rings. The van der Waals surface area contributed by atoms with Crippen molar-refractivity contribution in [3.05, 3.63) is 106 Å². The number of benzene rings is 3. The van der Waals surface area contributed by atoms with Crippen molar-refractivity contribution in [3.8, 4) is 11.4 Å². The number of carbonyl (C=O) groups is 1. The Kier molecular flexibility index (Phi) is 5.86. The van der Waals surface area contributed by atoms with Crippen molar-refractivity contribution in [2.45, 2.75) is 26.8 Å². The van der Waals surface area contributed by atoms with E-state index < -0.39 is 6.04 Å². The second kappa shape index (κ2) is 9.00. The number of allylic oxidation sites excluding steroid dienone is 1. The molecular formula is C27H22ClFN4O2. The van der Waals surface area contributed by atoms with Crippen molar-refractivity contribution >= 4 is 28.9 Å². The minimum absolute atomic E-state index is 0.267. The average Bonchev–Trinajstić information content (AvgIpc) is 3.31. The van der Waals surface area contributed by atoms with Crippen molar-refractivity contribution in [3.63, 3.8) is 0 Å². The molecule has 0 aliphatic carbocycles. The Balaban J connectivity index is 1.65. The largest absolute Gasteiger partial charge is 0.334 e. The number of halogens is 2. The van der Waals surface area contributed by atoms with E-state index in [-0.39, 0.29) is 17.7 Å². The van der Waals surface area contributed by atoms with Crippen LogP contribution in [-0.2, 0) is 0 Å². The minimum atomic E-state index is -0.612. The lowest BCUT2D eigenvalue weighted by Gasteiger charge is -2.35. The molecule has 1 aromatic heterocycles. The first-order valence-electron chi connectivity index (χ1n) is 11.1. The predicted octanol–water partition coefficient (Wildman–Crippen LogP) is 6.85. The molecule has 1 unspecified atom stereocenters. The Morgan fingerprint density at radius 1 is 1.00 bits per heavy atom. The molecule has 1 N–H and O–H groups in total. The molecule has 0 radical (unpaired) electrons. The monoisotopic (exact) mass is 488 g/mol. The second-order valence-corrected chi connectivity index (χ2v) is 8.90. The number of carbonyl (C=O) groups excluding carboxylic acids is 1. The molecule has 5 rings (SSSR count). The standard InChI is InChI=1S/C27H22ClFN4O2/c1-15-4-6-19(7-5-15)25-31-26(35-32-25)23-17(3)33(21-12-13-22(28)16(2)14-21)27(34)30-24(23)18-8-10-20(29)11-9-18/h4-14,24H,1-3H3,(H,30,34). The van der Waals surface area contributed by atoms with Crippen LogP contribution < -0.4 is 10.2 Å². The molecule has 2 amide bonds. The van der Waals surface area contributed by atoms with Crippen molar-refractivity contribution in [2.75, 3.05) is 4.90 Å². The van der Waals surface area contributed by atoms with E-state index in [1.165, 1.54) is 12.1 Å².